The van der Waals surface area contributed by atoms with E-state index in [1.165, 1.54) is 6.07 Å². The summed E-state index contributed by atoms with van der Waals surface area (Å²) in [5, 5.41) is 10.0. The molecule has 0 spiro atoms. The Morgan fingerprint density at radius 2 is 1.96 bits per heavy atom. The predicted molar refractivity (Wildman–Crippen MR) is 109 cm³/mol. The maximum atomic E-state index is 13.5. The molecule has 2 N–H and O–H groups in total. The number of nitrogens with one attached hydrogen (secondary N) is 2. The van der Waals surface area contributed by atoms with Crippen molar-refractivity contribution < 1.29 is 9.18 Å². The normalized spacial score (nSPS) is 16.3. The molecule has 0 radical (unpaired) electrons. The summed E-state index contributed by atoms with van der Waals surface area (Å²) in [5.41, 5.74) is 2.25. The number of aryl methyl sites for hydroxylation is 1. The van der Waals surface area contributed by atoms with Gasteiger partial charge in [-0.15, -0.1) is 0 Å². The van der Waals surface area contributed by atoms with E-state index in [0.29, 0.717) is 23.5 Å². The van der Waals surface area contributed by atoms with E-state index in [1.54, 1.807) is 25.1 Å². The lowest BCUT2D eigenvalue weighted by Crippen LogP contribution is -2.58. The summed E-state index contributed by atoms with van der Waals surface area (Å²) in [5.74, 6) is -0.433. The van der Waals surface area contributed by atoms with Crippen molar-refractivity contribution in [3.05, 3.63) is 41.3 Å². The van der Waals surface area contributed by atoms with E-state index < -0.39 is 0 Å². The zero-order valence-corrected chi connectivity index (χ0v) is 17.2. The molecular formula is C21H30FN5O. The van der Waals surface area contributed by atoms with Gasteiger partial charge in [0.05, 0.1) is 5.69 Å². The highest BCUT2D eigenvalue weighted by atomic mass is 19.1. The minimum Gasteiger partial charge on any atom is -0.349 e. The second-order valence-electron chi connectivity index (χ2n) is 8.05. The van der Waals surface area contributed by atoms with Crippen molar-refractivity contribution in [3.63, 3.8) is 0 Å². The number of benzene rings is 1. The van der Waals surface area contributed by atoms with Crippen molar-refractivity contribution >= 4 is 5.91 Å². The van der Waals surface area contributed by atoms with Gasteiger partial charge in [0.25, 0.3) is 5.91 Å². The molecule has 6 nitrogen and oxygen atoms in total. The van der Waals surface area contributed by atoms with Crippen LogP contribution in [0.5, 0.6) is 0 Å². The smallest absolute Gasteiger partial charge is 0.269 e. The minimum atomic E-state index is -0.251. The lowest BCUT2D eigenvalue weighted by molar-refractivity contribution is 0.0520. The number of piperazine rings is 1. The van der Waals surface area contributed by atoms with Crippen LogP contribution in [0, 0.1) is 12.7 Å². The molecule has 1 aliphatic rings. The molecule has 1 amide bonds. The van der Waals surface area contributed by atoms with Crippen LogP contribution in [0.25, 0.3) is 11.3 Å². The van der Waals surface area contributed by atoms with E-state index >= 15 is 0 Å². The van der Waals surface area contributed by atoms with Crippen molar-refractivity contribution in [1.29, 1.82) is 0 Å². The standard InChI is InChI=1S/C21H30FN5O/c1-5-26-8-10-27(11-9-26)21(3,4)14-23-20(28)19-13-18(24-25-19)16-6-7-17(22)15(2)12-16/h6-7,12-13H,5,8-11,14H2,1-4H3,(H,23,28)(H,24,25). The summed E-state index contributed by atoms with van der Waals surface area (Å²) in [6.07, 6.45) is 0. The second-order valence-corrected chi connectivity index (χ2v) is 8.05. The molecule has 0 aliphatic carbocycles. The summed E-state index contributed by atoms with van der Waals surface area (Å²) in [6, 6.07) is 6.51. The number of aromatic amines is 1. The number of amides is 1. The van der Waals surface area contributed by atoms with Crippen molar-refractivity contribution in [3.8, 4) is 11.3 Å². The Hall–Kier alpha value is -2.25. The molecule has 28 heavy (non-hydrogen) atoms. The average Bonchev–Trinajstić information content (AvgIpc) is 3.18. The third kappa shape index (κ3) is 4.59. The summed E-state index contributed by atoms with van der Waals surface area (Å²) in [4.78, 5) is 17.4. The van der Waals surface area contributed by atoms with E-state index in [2.05, 4.69) is 46.1 Å². The van der Waals surface area contributed by atoms with Gasteiger partial charge >= 0.3 is 0 Å². The van der Waals surface area contributed by atoms with E-state index in [1.807, 2.05) is 0 Å². The number of carbonyl (C=O) groups is 1. The van der Waals surface area contributed by atoms with Crippen LogP contribution in [0.3, 0.4) is 0 Å². The number of likely N-dealkylation sites (N-methyl/N-ethyl adjacent to an activating group) is 1. The quantitative estimate of drug-likeness (QED) is 0.800. The SMILES string of the molecule is CCN1CCN(C(C)(C)CNC(=O)c2cc(-c3ccc(F)c(C)c3)n[nH]2)CC1. The highest BCUT2D eigenvalue weighted by Crippen LogP contribution is 2.21. The molecule has 2 heterocycles. The number of H-pyrrole nitrogens is 1. The Labute approximate surface area is 166 Å². The Kier molecular flexibility index (Phi) is 6.15. The van der Waals surface area contributed by atoms with Gasteiger partial charge in [-0.25, -0.2) is 4.39 Å². The maximum absolute atomic E-state index is 13.5. The van der Waals surface area contributed by atoms with Crippen LogP contribution in [0.4, 0.5) is 4.39 Å². The molecular weight excluding hydrogens is 357 g/mol. The fourth-order valence-electron chi connectivity index (χ4n) is 3.56. The summed E-state index contributed by atoms with van der Waals surface area (Å²) < 4.78 is 13.5. The Bertz CT molecular complexity index is 824. The molecule has 0 atom stereocenters. The number of hydrogen-bond acceptors (Lipinski definition) is 4. The van der Waals surface area contributed by atoms with Crippen LogP contribution >= 0.6 is 0 Å². The first-order valence-corrected chi connectivity index (χ1v) is 9.87. The van der Waals surface area contributed by atoms with Gasteiger partial charge in [0.1, 0.15) is 11.5 Å². The van der Waals surface area contributed by atoms with Crippen molar-refractivity contribution in [2.45, 2.75) is 33.2 Å². The molecule has 3 rings (SSSR count). The Morgan fingerprint density at radius 3 is 2.61 bits per heavy atom. The summed E-state index contributed by atoms with van der Waals surface area (Å²) >= 11 is 0. The fourth-order valence-corrected chi connectivity index (χ4v) is 3.56. The molecule has 1 aromatic heterocycles. The molecule has 1 saturated heterocycles. The van der Waals surface area contributed by atoms with Crippen LogP contribution in [-0.2, 0) is 0 Å². The fraction of sp³-hybridized carbons (Fsp3) is 0.524. The number of nitrogens with zero attached hydrogens (tertiary/aromatic N) is 3. The first kappa shape index (κ1) is 20.5. The third-order valence-corrected chi connectivity index (χ3v) is 5.63. The van der Waals surface area contributed by atoms with Gasteiger partial charge in [-0.2, -0.15) is 5.10 Å². The number of rotatable bonds is 6. The zero-order chi connectivity index (χ0) is 20.3. The van der Waals surface area contributed by atoms with Crippen LogP contribution in [0.15, 0.2) is 24.3 Å². The summed E-state index contributed by atoms with van der Waals surface area (Å²) in [7, 11) is 0. The van der Waals surface area contributed by atoms with Gasteiger partial charge in [-0.1, -0.05) is 6.92 Å². The van der Waals surface area contributed by atoms with Gasteiger partial charge in [-0.05, 0) is 57.1 Å². The van der Waals surface area contributed by atoms with Gasteiger partial charge < -0.3 is 10.2 Å². The van der Waals surface area contributed by atoms with Crippen molar-refractivity contribution in [2.75, 3.05) is 39.3 Å². The second kappa shape index (κ2) is 8.41. The van der Waals surface area contributed by atoms with Crippen LogP contribution in [0.1, 0.15) is 36.8 Å². The summed E-state index contributed by atoms with van der Waals surface area (Å²) in [6.45, 7) is 14.0. The highest BCUT2D eigenvalue weighted by Gasteiger charge is 2.30. The van der Waals surface area contributed by atoms with Gasteiger partial charge in [0, 0.05) is 43.8 Å². The number of hydrogen-bond donors (Lipinski definition) is 2. The molecule has 7 heteroatoms. The lowest BCUT2D eigenvalue weighted by Gasteiger charge is -2.44. The van der Waals surface area contributed by atoms with Crippen LogP contribution in [0.2, 0.25) is 0 Å². The van der Waals surface area contributed by atoms with E-state index in [4.69, 9.17) is 0 Å². The molecule has 0 bridgehead atoms. The molecule has 1 fully saturated rings. The van der Waals surface area contributed by atoms with E-state index in [0.717, 1.165) is 38.3 Å². The Balaban J connectivity index is 1.59. The predicted octanol–water partition coefficient (Wildman–Crippen LogP) is 2.67. The maximum Gasteiger partial charge on any atom is 0.269 e. The van der Waals surface area contributed by atoms with Gasteiger partial charge in [-0.3, -0.25) is 14.8 Å². The lowest BCUT2D eigenvalue weighted by atomic mass is 10.0. The first-order valence-electron chi connectivity index (χ1n) is 9.87. The average molecular weight is 388 g/mol. The number of carbonyl (C=O) groups excluding carboxylic acids is 1. The third-order valence-electron chi connectivity index (χ3n) is 5.63. The largest absolute Gasteiger partial charge is 0.349 e. The number of halogens is 1. The van der Waals surface area contributed by atoms with Crippen LogP contribution in [-0.4, -0.2) is 70.7 Å². The molecule has 0 unspecified atom stereocenters. The minimum absolute atomic E-state index is 0.119. The monoisotopic (exact) mass is 387 g/mol. The molecule has 2 aromatic rings. The molecule has 1 aliphatic heterocycles. The molecule has 0 saturated carbocycles. The van der Waals surface area contributed by atoms with Crippen molar-refractivity contribution in [1.82, 2.24) is 25.3 Å². The van der Waals surface area contributed by atoms with Crippen LogP contribution < -0.4 is 5.32 Å². The zero-order valence-electron chi connectivity index (χ0n) is 17.2. The van der Waals surface area contributed by atoms with Gasteiger partial charge in [0.15, 0.2) is 0 Å². The molecule has 1 aromatic carbocycles. The topological polar surface area (TPSA) is 64.3 Å². The van der Waals surface area contributed by atoms with E-state index in [9.17, 15) is 9.18 Å². The molecule has 152 valence electrons. The van der Waals surface area contributed by atoms with Gasteiger partial charge in [0.2, 0.25) is 0 Å². The first-order chi connectivity index (χ1) is 13.3. The van der Waals surface area contributed by atoms with Crippen molar-refractivity contribution in [2.24, 2.45) is 0 Å². The Morgan fingerprint density at radius 1 is 1.25 bits per heavy atom. The van der Waals surface area contributed by atoms with E-state index in [-0.39, 0.29) is 17.3 Å². The highest BCUT2D eigenvalue weighted by molar-refractivity contribution is 5.93. The number of aromatic nitrogens is 2.